The van der Waals surface area contributed by atoms with Gasteiger partial charge in [0.2, 0.25) is 0 Å². The van der Waals surface area contributed by atoms with E-state index >= 15 is 0 Å². The van der Waals surface area contributed by atoms with Gasteiger partial charge in [-0.15, -0.1) is 5.06 Å². The third kappa shape index (κ3) is 3.31. The van der Waals surface area contributed by atoms with Crippen molar-refractivity contribution in [2.75, 3.05) is 0 Å². The fourth-order valence-electron chi connectivity index (χ4n) is 1.65. The summed E-state index contributed by atoms with van der Waals surface area (Å²) in [5.41, 5.74) is 2.03. The molecule has 1 aromatic carbocycles. The lowest BCUT2D eigenvalue weighted by molar-refractivity contribution is -0.171. The summed E-state index contributed by atoms with van der Waals surface area (Å²) in [5, 5.41) is 3.00. The van der Waals surface area contributed by atoms with Gasteiger partial charge in [0.05, 0.1) is 0 Å². The molecule has 19 heavy (non-hydrogen) atoms. The van der Waals surface area contributed by atoms with Crippen LogP contribution in [-0.4, -0.2) is 23.0 Å². The minimum atomic E-state index is -0.816. The predicted molar refractivity (Wildman–Crippen MR) is 65.6 cm³/mol. The lowest BCUT2D eigenvalue weighted by Crippen LogP contribution is -2.36. The Kier molecular flexibility index (Phi) is 3.79. The Morgan fingerprint density at radius 3 is 2.37 bits per heavy atom. The fraction of sp³-hybridized carbons (Fsp3) is 0.308. The molecule has 0 aromatic heterocycles. The Morgan fingerprint density at radius 2 is 1.79 bits per heavy atom. The van der Waals surface area contributed by atoms with Crippen LogP contribution in [-0.2, 0) is 21.0 Å². The minimum Gasteiger partial charge on any atom is -0.316 e. The van der Waals surface area contributed by atoms with Crippen molar-refractivity contribution in [1.82, 2.24) is 10.4 Å². The summed E-state index contributed by atoms with van der Waals surface area (Å²) in [6.07, 6.45) is -0.641. The number of carbonyl (C=O) groups excluding carboxylic acids is 3. The zero-order valence-electron chi connectivity index (χ0n) is 10.5. The average Bonchev–Trinajstić information content (AvgIpc) is 2.70. The van der Waals surface area contributed by atoms with Crippen LogP contribution >= 0.6 is 0 Å². The molecule has 0 aliphatic carbocycles. The highest BCUT2D eigenvalue weighted by Gasteiger charge is 2.32. The summed E-state index contributed by atoms with van der Waals surface area (Å²) >= 11 is 0. The van der Waals surface area contributed by atoms with Gasteiger partial charge in [0.1, 0.15) is 0 Å². The molecule has 0 unspecified atom stereocenters. The van der Waals surface area contributed by atoms with Crippen LogP contribution in [0, 0.1) is 6.92 Å². The number of aryl methyl sites for hydroxylation is 1. The van der Waals surface area contributed by atoms with E-state index in [0.717, 1.165) is 11.1 Å². The second-order valence-electron chi connectivity index (χ2n) is 4.30. The lowest BCUT2D eigenvalue weighted by Gasteiger charge is -2.13. The minimum absolute atomic E-state index is 0.0874. The maximum Gasteiger partial charge on any atom is 0.432 e. The standard InChI is InChI=1S/C13H14N2O4/c1-9-2-4-10(5-3-9)8-14-13(18)19-15-11(16)6-7-12(15)17/h2-5H,6-8H2,1H3,(H,14,18). The number of hydrogen-bond acceptors (Lipinski definition) is 4. The molecule has 6 heteroatoms. The molecule has 0 radical (unpaired) electrons. The van der Waals surface area contributed by atoms with Crippen LogP contribution in [0.5, 0.6) is 0 Å². The van der Waals surface area contributed by atoms with Crippen LogP contribution in [0.4, 0.5) is 4.79 Å². The molecule has 0 spiro atoms. The first-order valence-electron chi connectivity index (χ1n) is 5.93. The molecule has 0 atom stereocenters. The van der Waals surface area contributed by atoms with Gasteiger partial charge in [0, 0.05) is 19.4 Å². The van der Waals surface area contributed by atoms with Gasteiger partial charge in [0.25, 0.3) is 11.8 Å². The first-order valence-corrected chi connectivity index (χ1v) is 5.93. The molecule has 100 valence electrons. The largest absolute Gasteiger partial charge is 0.432 e. The maximum atomic E-state index is 11.5. The number of nitrogens with one attached hydrogen (secondary N) is 1. The van der Waals surface area contributed by atoms with Gasteiger partial charge in [-0.2, -0.15) is 0 Å². The Bertz CT molecular complexity index is 494. The number of rotatable bonds is 3. The van der Waals surface area contributed by atoms with E-state index in [4.69, 9.17) is 0 Å². The lowest BCUT2D eigenvalue weighted by atomic mass is 10.1. The maximum absolute atomic E-state index is 11.5. The van der Waals surface area contributed by atoms with Gasteiger partial charge in [0.15, 0.2) is 0 Å². The number of imide groups is 1. The SMILES string of the molecule is Cc1ccc(CNC(=O)ON2C(=O)CCC2=O)cc1. The topological polar surface area (TPSA) is 75.7 Å². The highest BCUT2D eigenvalue weighted by Crippen LogP contribution is 2.12. The molecule has 0 saturated carbocycles. The van der Waals surface area contributed by atoms with Crippen molar-refractivity contribution in [3.8, 4) is 0 Å². The number of carbonyl (C=O) groups is 3. The first-order chi connectivity index (χ1) is 9.06. The third-order valence-electron chi connectivity index (χ3n) is 2.74. The smallest absolute Gasteiger partial charge is 0.316 e. The first kappa shape index (κ1) is 13.1. The molecule has 1 aliphatic heterocycles. The third-order valence-corrected chi connectivity index (χ3v) is 2.74. The molecular weight excluding hydrogens is 248 g/mol. The predicted octanol–water partition coefficient (Wildman–Crippen LogP) is 1.29. The Hall–Kier alpha value is -2.37. The summed E-state index contributed by atoms with van der Waals surface area (Å²) in [7, 11) is 0. The van der Waals surface area contributed by atoms with Crippen LogP contribution in [0.1, 0.15) is 24.0 Å². The number of hydroxylamine groups is 2. The van der Waals surface area contributed by atoms with E-state index in [9.17, 15) is 14.4 Å². The molecule has 1 N–H and O–H groups in total. The summed E-state index contributed by atoms with van der Waals surface area (Å²) in [6, 6.07) is 7.61. The summed E-state index contributed by atoms with van der Waals surface area (Å²) in [5.74, 6) is -0.981. The molecule has 1 heterocycles. The van der Waals surface area contributed by atoms with E-state index in [1.807, 2.05) is 31.2 Å². The molecule has 1 saturated heterocycles. The Morgan fingerprint density at radius 1 is 1.21 bits per heavy atom. The normalized spacial score (nSPS) is 14.7. The van der Waals surface area contributed by atoms with Crippen LogP contribution in [0.2, 0.25) is 0 Å². The molecular formula is C13H14N2O4. The van der Waals surface area contributed by atoms with Crippen LogP contribution in [0.3, 0.4) is 0 Å². The van der Waals surface area contributed by atoms with E-state index in [1.54, 1.807) is 0 Å². The van der Waals surface area contributed by atoms with E-state index in [2.05, 4.69) is 10.2 Å². The number of benzene rings is 1. The number of amides is 3. The zero-order valence-corrected chi connectivity index (χ0v) is 10.5. The monoisotopic (exact) mass is 262 g/mol. The van der Waals surface area contributed by atoms with Gasteiger partial charge in [-0.05, 0) is 12.5 Å². The Balaban J connectivity index is 1.83. The average molecular weight is 262 g/mol. The molecule has 1 aliphatic rings. The van der Waals surface area contributed by atoms with Crippen molar-refractivity contribution in [3.63, 3.8) is 0 Å². The summed E-state index contributed by atoms with van der Waals surface area (Å²) < 4.78 is 0. The second kappa shape index (κ2) is 5.51. The van der Waals surface area contributed by atoms with Crippen LogP contribution in [0.15, 0.2) is 24.3 Å². The molecule has 1 fully saturated rings. The van der Waals surface area contributed by atoms with Gasteiger partial charge < -0.3 is 10.2 Å². The van der Waals surface area contributed by atoms with Gasteiger partial charge >= 0.3 is 6.09 Å². The number of nitrogens with zero attached hydrogens (tertiary/aromatic N) is 1. The zero-order chi connectivity index (χ0) is 13.8. The van der Waals surface area contributed by atoms with Crippen LogP contribution < -0.4 is 5.32 Å². The van der Waals surface area contributed by atoms with Crippen molar-refractivity contribution in [2.24, 2.45) is 0 Å². The van der Waals surface area contributed by atoms with Gasteiger partial charge in [-0.3, -0.25) is 9.59 Å². The van der Waals surface area contributed by atoms with Crippen molar-refractivity contribution in [2.45, 2.75) is 26.3 Å². The molecule has 0 bridgehead atoms. The van der Waals surface area contributed by atoms with Gasteiger partial charge in [-0.1, -0.05) is 29.8 Å². The van der Waals surface area contributed by atoms with Crippen molar-refractivity contribution >= 4 is 17.9 Å². The fourth-order valence-corrected chi connectivity index (χ4v) is 1.65. The van der Waals surface area contributed by atoms with Crippen molar-refractivity contribution in [3.05, 3.63) is 35.4 Å². The highest BCUT2D eigenvalue weighted by atomic mass is 16.7. The van der Waals surface area contributed by atoms with Crippen LogP contribution in [0.25, 0.3) is 0 Å². The summed E-state index contributed by atoms with van der Waals surface area (Å²) in [6.45, 7) is 2.24. The van der Waals surface area contributed by atoms with E-state index < -0.39 is 17.9 Å². The van der Waals surface area contributed by atoms with E-state index in [-0.39, 0.29) is 19.4 Å². The van der Waals surface area contributed by atoms with Crippen molar-refractivity contribution in [1.29, 1.82) is 0 Å². The summed E-state index contributed by atoms with van der Waals surface area (Å²) in [4.78, 5) is 38.6. The molecule has 1 aromatic rings. The quantitative estimate of drug-likeness (QED) is 0.833. The second-order valence-corrected chi connectivity index (χ2v) is 4.30. The molecule has 6 nitrogen and oxygen atoms in total. The van der Waals surface area contributed by atoms with Crippen molar-refractivity contribution < 1.29 is 19.2 Å². The highest BCUT2D eigenvalue weighted by molar-refractivity contribution is 6.01. The van der Waals surface area contributed by atoms with Gasteiger partial charge in [-0.25, -0.2) is 4.79 Å². The molecule has 2 rings (SSSR count). The van der Waals surface area contributed by atoms with E-state index in [0.29, 0.717) is 5.06 Å². The van der Waals surface area contributed by atoms with E-state index in [1.165, 1.54) is 0 Å². The number of hydrogen-bond donors (Lipinski definition) is 1. The Labute approximate surface area is 110 Å². The molecule has 3 amide bonds.